The Bertz CT molecular complexity index is 881. The summed E-state index contributed by atoms with van der Waals surface area (Å²) in [5.41, 5.74) is 0.855. The summed E-state index contributed by atoms with van der Waals surface area (Å²) < 4.78 is 18.6. The fourth-order valence-electron chi connectivity index (χ4n) is 2.42. The van der Waals surface area contributed by atoms with E-state index in [0.717, 1.165) is 10.2 Å². The van der Waals surface area contributed by atoms with Gasteiger partial charge in [0.1, 0.15) is 0 Å². The van der Waals surface area contributed by atoms with Crippen LogP contribution in [0.5, 0.6) is 11.5 Å². The minimum atomic E-state index is -0.281. The third kappa shape index (κ3) is 3.68. The summed E-state index contributed by atoms with van der Waals surface area (Å²) in [7, 11) is 0. The maximum Gasteiger partial charge on any atom is 0.307 e. The number of aryl methyl sites for hydroxylation is 1. The minimum Gasteiger partial charge on any atom is -0.466 e. The van der Waals surface area contributed by atoms with E-state index in [2.05, 4.69) is 4.99 Å². The molecule has 0 saturated carbocycles. The fraction of sp³-hybridized carbons (Fsp3) is 0.471. The zero-order valence-electron chi connectivity index (χ0n) is 14.4. The van der Waals surface area contributed by atoms with Crippen LogP contribution in [0.3, 0.4) is 0 Å². The number of amides is 1. The van der Waals surface area contributed by atoms with Gasteiger partial charge in [-0.25, -0.2) is 0 Å². The smallest absolute Gasteiger partial charge is 0.307 e. The predicted molar refractivity (Wildman–Crippen MR) is 92.6 cm³/mol. The van der Waals surface area contributed by atoms with Gasteiger partial charge in [0.25, 0.3) is 5.91 Å². The molecule has 1 aliphatic rings. The summed E-state index contributed by atoms with van der Waals surface area (Å²) in [6.45, 7) is 6.29. The molecule has 0 unspecified atom stereocenters. The van der Waals surface area contributed by atoms with Crippen molar-refractivity contribution in [3.8, 4) is 11.5 Å². The molecule has 0 fully saturated rings. The van der Waals surface area contributed by atoms with Crippen LogP contribution in [0.15, 0.2) is 17.1 Å². The molecule has 1 aliphatic heterocycles. The molecule has 0 N–H and O–H groups in total. The fourth-order valence-corrected chi connectivity index (χ4v) is 3.49. The van der Waals surface area contributed by atoms with Crippen LogP contribution in [0.25, 0.3) is 10.2 Å². The first kappa shape index (κ1) is 17.5. The molecule has 8 heteroatoms. The van der Waals surface area contributed by atoms with E-state index in [1.165, 1.54) is 11.3 Å². The molecule has 0 atom stereocenters. The van der Waals surface area contributed by atoms with Gasteiger partial charge in [-0.1, -0.05) is 25.2 Å². The molecule has 0 saturated heterocycles. The molecular formula is C17H20N2O5S. The van der Waals surface area contributed by atoms with E-state index < -0.39 is 0 Å². The number of esters is 1. The number of hydrogen-bond donors (Lipinski definition) is 0. The normalized spacial score (nSPS) is 13.7. The van der Waals surface area contributed by atoms with E-state index in [1.54, 1.807) is 20.8 Å². The van der Waals surface area contributed by atoms with Gasteiger partial charge in [0.15, 0.2) is 16.3 Å². The molecule has 7 nitrogen and oxygen atoms in total. The van der Waals surface area contributed by atoms with Crippen molar-refractivity contribution in [1.29, 1.82) is 0 Å². The molecule has 0 aliphatic carbocycles. The van der Waals surface area contributed by atoms with Gasteiger partial charge in [-0.3, -0.25) is 9.59 Å². The van der Waals surface area contributed by atoms with Gasteiger partial charge in [-0.05, 0) is 6.92 Å². The number of carbonyl (C=O) groups excluding carboxylic acids is 2. The van der Waals surface area contributed by atoms with Gasteiger partial charge in [-0.15, -0.1) is 0 Å². The van der Waals surface area contributed by atoms with Crippen LogP contribution in [-0.4, -0.2) is 29.8 Å². The number of aromatic nitrogens is 1. The number of ether oxygens (including phenoxy) is 3. The number of carbonyl (C=O) groups is 2. The highest BCUT2D eigenvalue weighted by Crippen LogP contribution is 2.37. The first-order chi connectivity index (χ1) is 12.0. The number of thiazole rings is 1. The molecule has 1 aromatic carbocycles. The highest BCUT2D eigenvalue weighted by atomic mass is 32.1. The van der Waals surface area contributed by atoms with Crippen LogP contribution in [0.4, 0.5) is 0 Å². The van der Waals surface area contributed by atoms with Crippen molar-refractivity contribution in [3.63, 3.8) is 0 Å². The minimum absolute atomic E-state index is 0.193. The van der Waals surface area contributed by atoms with Crippen molar-refractivity contribution in [2.75, 3.05) is 13.4 Å². The molecule has 2 heterocycles. The third-order valence-corrected chi connectivity index (χ3v) is 4.76. The maximum absolute atomic E-state index is 12.1. The Morgan fingerprint density at radius 2 is 2.04 bits per heavy atom. The number of nitrogens with zero attached hydrogens (tertiary/aromatic N) is 2. The van der Waals surface area contributed by atoms with Gasteiger partial charge in [0, 0.05) is 24.6 Å². The van der Waals surface area contributed by atoms with Crippen molar-refractivity contribution in [2.45, 2.75) is 33.7 Å². The lowest BCUT2D eigenvalue weighted by Crippen LogP contribution is -2.20. The Balaban J connectivity index is 2.05. The summed E-state index contributed by atoms with van der Waals surface area (Å²) in [5, 5.41) is 0. The second-order valence-corrected chi connectivity index (χ2v) is 6.88. The molecule has 25 heavy (non-hydrogen) atoms. The standard InChI is InChI=1S/C17H20N2O5S/c1-4-22-15(20)5-6-19-11-7-12-13(24-9-23-12)8-14(11)25-17(19)18-16(21)10(2)3/h7-8,10H,4-6,9H2,1-3H3. The summed E-state index contributed by atoms with van der Waals surface area (Å²) in [6, 6.07) is 3.74. The second kappa shape index (κ2) is 7.26. The average molecular weight is 364 g/mol. The Labute approximate surface area is 148 Å². The molecule has 3 rings (SSSR count). The van der Waals surface area contributed by atoms with Crippen molar-refractivity contribution in [3.05, 3.63) is 16.9 Å². The van der Waals surface area contributed by atoms with Crippen LogP contribution in [0.1, 0.15) is 27.2 Å². The van der Waals surface area contributed by atoms with Gasteiger partial charge < -0.3 is 18.8 Å². The van der Waals surface area contributed by atoms with E-state index in [1.807, 2.05) is 16.7 Å². The first-order valence-electron chi connectivity index (χ1n) is 8.16. The zero-order chi connectivity index (χ0) is 18.0. The molecule has 134 valence electrons. The average Bonchev–Trinajstić information content (AvgIpc) is 3.14. The van der Waals surface area contributed by atoms with E-state index in [-0.39, 0.29) is 31.0 Å². The predicted octanol–water partition coefficient (Wildman–Crippen LogP) is 2.47. The maximum atomic E-state index is 12.1. The molecule has 1 amide bonds. The third-order valence-electron chi connectivity index (χ3n) is 3.72. The number of fused-ring (bicyclic) bond motifs is 2. The van der Waals surface area contributed by atoms with Crippen LogP contribution in [0.2, 0.25) is 0 Å². The monoisotopic (exact) mass is 364 g/mol. The van der Waals surface area contributed by atoms with Gasteiger partial charge in [-0.2, -0.15) is 4.99 Å². The summed E-state index contributed by atoms with van der Waals surface area (Å²) >= 11 is 1.39. The number of hydrogen-bond acceptors (Lipinski definition) is 6. The quantitative estimate of drug-likeness (QED) is 0.762. The van der Waals surface area contributed by atoms with Crippen molar-refractivity contribution < 1.29 is 23.8 Å². The topological polar surface area (TPSA) is 79.1 Å². The lowest BCUT2D eigenvalue weighted by molar-refractivity contribution is -0.143. The lowest BCUT2D eigenvalue weighted by atomic mass is 10.2. The summed E-state index contributed by atoms with van der Waals surface area (Å²) in [5.74, 6) is 0.651. The second-order valence-electron chi connectivity index (χ2n) is 5.87. The molecule has 0 spiro atoms. The van der Waals surface area contributed by atoms with E-state index in [9.17, 15) is 9.59 Å². The molecule has 0 bridgehead atoms. The van der Waals surface area contributed by atoms with Crippen LogP contribution in [0, 0.1) is 5.92 Å². The zero-order valence-corrected chi connectivity index (χ0v) is 15.2. The highest BCUT2D eigenvalue weighted by Gasteiger charge is 2.18. The van der Waals surface area contributed by atoms with E-state index >= 15 is 0 Å². The Kier molecular flexibility index (Phi) is 5.08. The van der Waals surface area contributed by atoms with Crippen molar-refractivity contribution in [1.82, 2.24) is 4.57 Å². The van der Waals surface area contributed by atoms with Crippen LogP contribution >= 0.6 is 11.3 Å². The van der Waals surface area contributed by atoms with E-state index in [4.69, 9.17) is 14.2 Å². The van der Waals surface area contributed by atoms with Crippen molar-refractivity contribution in [2.24, 2.45) is 10.9 Å². The van der Waals surface area contributed by atoms with Crippen LogP contribution < -0.4 is 14.3 Å². The first-order valence-corrected chi connectivity index (χ1v) is 8.98. The molecule has 0 radical (unpaired) electrons. The van der Waals surface area contributed by atoms with Gasteiger partial charge in [0.2, 0.25) is 6.79 Å². The molecular weight excluding hydrogens is 344 g/mol. The van der Waals surface area contributed by atoms with Gasteiger partial charge in [0.05, 0.1) is 23.2 Å². The van der Waals surface area contributed by atoms with Crippen LogP contribution in [-0.2, 0) is 20.9 Å². The lowest BCUT2D eigenvalue weighted by Gasteiger charge is -2.06. The van der Waals surface area contributed by atoms with E-state index in [0.29, 0.717) is 29.5 Å². The highest BCUT2D eigenvalue weighted by molar-refractivity contribution is 7.16. The Hall–Kier alpha value is -2.35. The number of rotatable bonds is 5. The molecule has 2 aromatic rings. The van der Waals surface area contributed by atoms with Gasteiger partial charge >= 0.3 is 5.97 Å². The summed E-state index contributed by atoms with van der Waals surface area (Å²) in [6.07, 6.45) is 0.206. The Morgan fingerprint density at radius 3 is 2.72 bits per heavy atom. The number of benzene rings is 1. The SMILES string of the molecule is CCOC(=O)CCn1c(=NC(=O)C(C)C)sc2cc3c(cc21)OCO3. The summed E-state index contributed by atoms with van der Waals surface area (Å²) in [4.78, 5) is 28.6. The molecule has 1 aromatic heterocycles. The van der Waals surface area contributed by atoms with Crippen molar-refractivity contribution >= 4 is 33.4 Å². The Morgan fingerprint density at radius 1 is 1.32 bits per heavy atom. The largest absolute Gasteiger partial charge is 0.466 e.